The third kappa shape index (κ3) is 3.49. The molecule has 8 nitrogen and oxygen atoms in total. The molecule has 32 heavy (non-hydrogen) atoms. The number of unbranched alkanes of at least 4 members (excludes halogenated alkanes) is 1. The third-order valence-electron chi connectivity index (χ3n) is 6.70. The molecule has 5 rings (SSSR count). The summed E-state index contributed by atoms with van der Waals surface area (Å²) < 4.78 is 27.6. The van der Waals surface area contributed by atoms with Gasteiger partial charge in [0.2, 0.25) is 0 Å². The molecule has 3 N–H and O–H groups in total. The van der Waals surface area contributed by atoms with Gasteiger partial charge in [-0.2, -0.15) is 5.26 Å². The molecule has 3 heterocycles. The first-order valence-electron chi connectivity index (χ1n) is 10.9. The van der Waals surface area contributed by atoms with Gasteiger partial charge in [-0.15, -0.1) is 0 Å². The summed E-state index contributed by atoms with van der Waals surface area (Å²) in [4.78, 5) is 6.99. The molecule has 2 fully saturated rings. The topological polar surface area (TPSA) is 117 Å². The summed E-state index contributed by atoms with van der Waals surface area (Å²) in [5.41, 5.74) is 8.14. The summed E-state index contributed by atoms with van der Waals surface area (Å²) >= 11 is 0. The molecule has 0 radical (unpaired) electrons. The molecule has 1 aliphatic heterocycles. The van der Waals surface area contributed by atoms with Crippen molar-refractivity contribution in [2.24, 2.45) is 5.41 Å². The predicted octanol–water partition coefficient (Wildman–Crippen LogP) is 3.04. The monoisotopic (exact) mass is 450 g/mol. The van der Waals surface area contributed by atoms with Crippen molar-refractivity contribution in [1.82, 2.24) is 13.9 Å². The SMILES string of the molecule is N#CCCCN1C[C@@H](Nc2c(N)cnc3c2ccn3S(=O)(=O)c2ccccc2)C2(CC2)C1. The molecule has 1 atom stereocenters. The zero-order chi connectivity index (χ0) is 22.3. The number of benzene rings is 1. The second kappa shape index (κ2) is 7.80. The van der Waals surface area contributed by atoms with E-state index in [1.54, 1.807) is 42.6 Å². The number of pyridine rings is 1. The molecule has 0 bridgehead atoms. The maximum absolute atomic E-state index is 13.2. The van der Waals surface area contributed by atoms with E-state index in [4.69, 9.17) is 11.0 Å². The normalized spacial score (nSPS) is 19.9. The molecule has 1 spiro atoms. The van der Waals surface area contributed by atoms with E-state index in [1.807, 2.05) is 0 Å². The van der Waals surface area contributed by atoms with Crippen molar-refractivity contribution in [1.29, 1.82) is 5.26 Å². The number of nitrogens with zero attached hydrogens (tertiary/aromatic N) is 4. The van der Waals surface area contributed by atoms with Crippen LogP contribution in [0.4, 0.5) is 11.4 Å². The van der Waals surface area contributed by atoms with E-state index < -0.39 is 10.0 Å². The maximum atomic E-state index is 13.2. The maximum Gasteiger partial charge on any atom is 0.269 e. The average molecular weight is 451 g/mol. The van der Waals surface area contributed by atoms with Crippen molar-refractivity contribution >= 4 is 32.4 Å². The Balaban J connectivity index is 1.46. The van der Waals surface area contributed by atoms with Gasteiger partial charge in [-0.05, 0) is 44.0 Å². The number of fused-ring (bicyclic) bond motifs is 1. The zero-order valence-electron chi connectivity index (χ0n) is 17.7. The van der Waals surface area contributed by atoms with Crippen LogP contribution in [-0.4, -0.2) is 48.0 Å². The van der Waals surface area contributed by atoms with Gasteiger partial charge in [0.1, 0.15) is 0 Å². The Morgan fingerprint density at radius 3 is 2.75 bits per heavy atom. The first-order chi connectivity index (χ1) is 15.4. The van der Waals surface area contributed by atoms with Gasteiger partial charge in [0.05, 0.1) is 28.5 Å². The Hall–Kier alpha value is -3.09. The summed E-state index contributed by atoms with van der Waals surface area (Å²) in [5, 5.41) is 13.2. The fourth-order valence-electron chi connectivity index (χ4n) is 4.80. The van der Waals surface area contributed by atoms with Gasteiger partial charge in [-0.25, -0.2) is 17.4 Å². The quantitative estimate of drug-likeness (QED) is 0.531. The van der Waals surface area contributed by atoms with Crippen LogP contribution in [0.25, 0.3) is 11.0 Å². The van der Waals surface area contributed by atoms with Gasteiger partial charge in [0.25, 0.3) is 10.0 Å². The van der Waals surface area contributed by atoms with Crippen molar-refractivity contribution in [3.05, 3.63) is 48.8 Å². The fraction of sp³-hybridized carbons (Fsp3) is 0.391. The summed E-state index contributed by atoms with van der Waals surface area (Å²) in [6.45, 7) is 2.83. The third-order valence-corrected chi connectivity index (χ3v) is 8.38. The first-order valence-corrected chi connectivity index (χ1v) is 12.3. The highest BCUT2D eigenvalue weighted by atomic mass is 32.2. The van der Waals surface area contributed by atoms with E-state index in [1.165, 1.54) is 10.2 Å². The highest BCUT2D eigenvalue weighted by molar-refractivity contribution is 7.90. The van der Waals surface area contributed by atoms with Crippen LogP contribution in [0, 0.1) is 16.7 Å². The molecule has 9 heteroatoms. The molecule has 3 aromatic rings. The van der Waals surface area contributed by atoms with Gasteiger partial charge in [-0.1, -0.05) is 18.2 Å². The predicted molar refractivity (Wildman–Crippen MR) is 124 cm³/mol. The number of rotatable bonds is 7. The Morgan fingerprint density at radius 2 is 2.03 bits per heavy atom. The van der Waals surface area contributed by atoms with Crippen LogP contribution < -0.4 is 11.1 Å². The molecular weight excluding hydrogens is 424 g/mol. The number of hydrogen-bond acceptors (Lipinski definition) is 7. The molecule has 1 aromatic carbocycles. The van der Waals surface area contributed by atoms with Crippen LogP contribution in [0.2, 0.25) is 0 Å². The van der Waals surface area contributed by atoms with Gasteiger partial charge >= 0.3 is 0 Å². The highest BCUT2D eigenvalue weighted by Crippen LogP contribution is 2.54. The number of nitrogens with one attached hydrogen (secondary N) is 1. The van der Waals surface area contributed by atoms with Crippen LogP contribution in [-0.2, 0) is 10.0 Å². The van der Waals surface area contributed by atoms with Gasteiger partial charge < -0.3 is 16.0 Å². The molecule has 1 aliphatic carbocycles. The number of nitrogens with two attached hydrogens (primary N) is 1. The number of aromatic nitrogens is 2. The average Bonchev–Trinajstić information content (AvgIpc) is 3.29. The lowest BCUT2D eigenvalue weighted by atomic mass is 10.0. The largest absolute Gasteiger partial charge is 0.396 e. The molecule has 166 valence electrons. The van der Waals surface area contributed by atoms with Crippen molar-refractivity contribution < 1.29 is 8.42 Å². The second-order valence-electron chi connectivity index (χ2n) is 8.81. The summed E-state index contributed by atoms with van der Waals surface area (Å²) in [7, 11) is -3.76. The van der Waals surface area contributed by atoms with Crippen LogP contribution in [0.5, 0.6) is 0 Å². The van der Waals surface area contributed by atoms with E-state index >= 15 is 0 Å². The lowest BCUT2D eigenvalue weighted by molar-refractivity contribution is 0.317. The molecule has 2 aromatic heterocycles. The minimum absolute atomic E-state index is 0.214. The van der Waals surface area contributed by atoms with E-state index in [0.717, 1.165) is 44.6 Å². The van der Waals surface area contributed by atoms with Gasteiger partial charge in [0, 0.05) is 42.6 Å². The molecular formula is C23H26N6O2S. The van der Waals surface area contributed by atoms with Crippen LogP contribution in [0.1, 0.15) is 25.7 Å². The van der Waals surface area contributed by atoms with Crippen LogP contribution in [0.3, 0.4) is 0 Å². The number of anilines is 2. The number of likely N-dealkylation sites (tertiary alicyclic amines) is 1. The van der Waals surface area contributed by atoms with E-state index in [2.05, 4.69) is 21.3 Å². The Morgan fingerprint density at radius 1 is 1.25 bits per heavy atom. The number of hydrogen-bond donors (Lipinski definition) is 2. The van der Waals surface area contributed by atoms with Gasteiger partial charge in [0.15, 0.2) is 5.65 Å². The van der Waals surface area contributed by atoms with Crippen molar-refractivity contribution in [3.63, 3.8) is 0 Å². The van der Waals surface area contributed by atoms with E-state index in [9.17, 15) is 8.42 Å². The van der Waals surface area contributed by atoms with Crippen molar-refractivity contribution in [2.45, 2.75) is 36.6 Å². The lowest BCUT2D eigenvalue weighted by Gasteiger charge is -2.22. The zero-order valence-corrected chi connectivity index (χ0v) is 18.6. The summed E-state index contributed by atoms with van der Waals surface area (Å²) in [6.07, 6.45) is 6.85. The Kier molecular flexibility index (Phi) is 5.07. The smallest absolute Gasteiger partial charge is 0.269 e. The highest BCUT2D eigenvalue weighted by Gasteiger charge is 2.54. The molecule has 1 saturated carbocycles. The Labute approximate surface area is 187 Å². The second-order valence-corrected chi connectivity index (χ2v) is 10.6. The summed E-state index contributed by atoms with van der Waals surface area (Å²) in [5.74, 6) is 0. The van der Waals surface area contributed by atoms with Crippen LogP contribution in [0.15, 0.2) is 53.7 Å². The fourth-order valence-corrected chi connectivity index (χ4v) is 6.13. The molecule has 0 amide bonds. The van der Waals surface area contributed by atoms with Crippen molar-refractivity contribution in [3.8, 4) is 6.07 Å². The minimum atomic E-state index is -3.76. The van der Waals surface area contributed by atoms with E-state index in [-0.39, 0.29) is 16.4 Å². The molecule has 2 aliphatic rings. The lowest BCUT2D eigenvalue weighted by Crippen LogP contribution is -2.30. The standard InChI is InChI=1S/C23H26N6O2S/c24-11-4-5-12-28-15-20(23(16-28)9-10-23)27-21-18-8-13-29(22(18)26-14-19(21)25)32(30,31)17-6-2-1-3-7-17/h1-3,6-8,13-14,20H,4-5,9-10,12,15-16,25H2,(H,26,27)/t20-/m1/s1. The number of nitrogen functional groups attached to an aromatic ring is 1. The van der Waals surface area contributed by atoms with E-state index in [0.29, 0.717) is 23.1 Å². The van der Waals surface area contributed by atoms with Crippen molar-refractivity contribution in [2.75, 3.05) is 30.7 Å². The summed E-state index contributed by atoms with van der Waals surface area (Å²) in [6, 6.07) is 12.6. The first kappa shape index (κ1) is 20.8. The molecule has 0 unspecified atom stereocenters. The van der Waals surface area contributed by atoms with Crippen LogP contribution >= 0.6 is 0 Å². The Bertz CT molecular complexity index is 1290. The molecule has 1 saturated heterocycles. The minimum Gasteiger partial charge on any atom is -0.396 e. The van der Waals surface area contributed by atoms with Gasteiger partial charge in [-0.3, -0.25) is 0 Å². The number of nitriles is 1.